The summed E-state index contributed by atoms with van der Waals surface area (Å²) in [6.07, 6.45) is 4.09. The molecule has 1 atom stereocenters. The van der Waals surface area contributed by atoms with Gasteiger partial charge in [0.25, 0.3) is 0 Å². The van der Waals surface area contributed by atoms with Gasteiger partial charge in [0.2, 0.25) is 0 Å². The molecule has 0 radical (unpaired) electrons. The molecule has 0 amide bonds. The van der Waals surface area contributed by atoms with Crippen molar-refractivity contribution in [3.8, 4) is 0 Å². The van der Waals surface area contributed by atoms with E-state index in [2.05, 4.69) is 27.8 Å². The molecule has 1 aliphatic rings. The lowest BCUT2D eigenvalue weighted by molar-refractivity contribution is 0.322. The molecule has 0 aromatic heterocycles. The van der Waals surface area contributed by atoms with Gasteiger partial charge in [-0.1, -0.05) is 22.9 Å². The lowest BCUT2D eigenvalue weighted by Gasteiger charge is -2.13. The highest BCUT2D eigenvalue weighted by molar-refractivity contribution is 9.09. The first-order valence-electron chi connectivity index (χ1n) is 4.61. The number of unbranched alkanes of at least 4 members (excludes halogenated alkanes) is 1. The summed E-state index contributed by atoms with van der Waals surface area (Å²) in [6.45, 7) is 6.34. The van der Waals surface area contributed by atoms with Crippen molar-refractivity contribution in [1.29, 1.82) is 0 Å². The summed E-state index contributed by atoms with van der Waals surface area (Å²) in [4.78, 5) is 2.59. The molecule has 2 heteroatoms. The number of alkyl halides is 1. The predicted octanol–water partition coefficient (Wildman–Crippen LogP) is 2.50. The molecule has 1 fully saturated rings. The van der Waals surface area contributed by atoms with Gasteiger partial charge in [0, 0.05) is 11.9 Å². The summed E-state index contributed by atoms with van der Waals surface area (Å²) < 4.78 is 0. The Morgan fingerprint density at radius 2 is 2.27 bits per heavy atom. The van der Waals surface area contributed by atoms with E-state index in [1.165, 1.54) is 38.9 Å². The number of nitrogens with zero attached hydrogens (tertiary/aromatic N) is 1. The molecule has 1 unspecified atom stereocenters. The average molecular weight is 220 g/mol. The van der Waals surface area contributed by atoms with E-state index < -0.39 is 0 Å². The van der Waals surface area contributed by atoms with Gasteiger partial charge in [-0.3, -0.25) is 0 Å². The zero-order valence-electron chi connectivity index (χ0n) is 7.35. The molecule has 0 saturated carbocycles. The molecule has 1 saturated heterocycles. The third-order valence-corrected chi connectivity index (χ3v) is 2.93. The molecule has 0 aromatic carbocycles. The topological polar surface area (TPSA) is 3.24 Å². The van der Waals surface area contributed by atoms with Crippen molar-refractivity contribution in [2.45, 2.75) is 26.2 Å². The van der Waals surface area contributed by atoms with Crippen LogP contribution in [-0.4, -0.2) is 29.9 Å². The normalized spacial score (nSPS) is 26.2. The van der Waals surface area contributed by atoms with Crippen LogP contribution in [0.2, 0.25) is 0 Å². The van der Waals surface area contributed by atoms with Gasteiger partial charge in [0.1, 0.15) is 0 Å². The van der Waals surface area contributed by atoms with Crippen molar-refractivity contribution < 1.29 is 0 Å². The Balaban J connectivity index is 1.99. The molecule has 0 aromatic rings. The Kier molecular flexibility index (Phi) is 4.46. The standard InChI is InChI=1S/C9H18BrN/c1-9-4-7-11(8-9)6-3-2-5-10/h9H,2-8H2,1H3. The van der Waals surface area contributed by atoms with Gasteiger partial charge in [-0.2, -0.15) is 0 Å². The number of hydrogen-bond donors (Lipinski definition) is 0. The van der Waals surface area contributed by atoms with Gasteiger partial charge in [-0.25, -0.2) is 0 Å². The Morgan fingerprint density at radius 3 is 2.82 bits per heavy atom. The van der Waals surface area contributed by atoms with Crippen LogP contribution in [0.3, 0.4) is 0 Å². The molecule has 11 heavy (non-hydrogen) atoms. The molecule has 1 rings (SSSR count). The summed E-state index contributed by atoms with van der Waals surface area (Å²) in [7, 11) is 0. The maximum atomic E-state index is 3.45. The molecular formula is C9H18BrN. The summed E-state index contributed by atoms with van der Waals surface area (Å²) in [5.74, 6) is 0.943. The molecule has 0 spiro atoms. The van der Waals surface area contributed by atoms with E-state index in [0.717, 1.165) is 11.2 Å². The second-order valence-electron chi connectivity index (χ2n) is 3.59. The zero-order chi connectivity index (χ0) is 8.10. The van der Waals surface area contributed by atoms with E-state index in [0.29, 0.717) is 0 Å². The van der Waals surface area contributed by atoms with Gasteiger partial charge in [-0.15, -0.1) is 0 Å². The fourth-order valence-corrected chi connectivity index (χ4v) is 2.06. The van der Waals surface area contributed by atoms with Crippen LogP contribution in [-0.2, 0) is 0 Å². The summed E-state index contributed by atoms with van der Waals surface area (Å²) >= 11 is 3.45. The third kappa shape index (κ3) is 3.57. The zero-order valence-corrected chi connectivity index (χ0v) is 8.94. The van der Waals surface area contributed by atoms with Crippen LogP contribution in [0.25, 0.3) is 0 Å². The monoisotopic (exact) mass is 219 g/mol. The molecular weight excluding hydrogens is 202 g/mol. The molecule has 0 N–H and O–H groups in total. The first kappa shape index (κ1) is 9.53. The fraction of sp³-hybridized carbons (Fsp3) is 1.00. The van der Waals surface area contributed by atoms with Crippen molar-refractivity contribution in [3.63, 3.8) is 0 Å². The SMILES string of the molecule is CC1CCN(CCCCBr)C1. The molecule has 1 aliphatic heterocycles. The van der Waals surface area contributed by atoms with Crippen molar-refractivity contribution in [1.82, 2.24) is 4.90 Å². The van der Waals surface area contributed by atoms with Gasteiger partial charge in [0.05, 0.1) is 0 Å². The number of hydrogen-bond acceptors (Lipinski definition) is 1. The summed E-state index contributed by atoms with van der Waals surface area (Å²) in [5.41, 5.74) is 0. The maximum absolute atomic E-state index is 3.45. The van der Waals surface area contributed by atoms with Crippen LogP contribution in [0.1, 0.15) is 26.2 Å². The maximum Gasteiger partial charge on any atom is 0.00317 e. The van der Waals surface area contributed by atoms with E-state index in [4.69, 9.17) is 0 Å². The Bertz CT molecular complexity index is 106. The van der Waals surface area contributed by atoms with Crippen molar-refractivity contribution in [2.75, 3.05) is 25.0 Å². The fourth-order valence-electron chi connectivity index (χ4n) is 1.66. The van der Waals surface area contributed by atoms with Crippen LogP contribution in [0.5, 0.6) is 0 Å². The van der Waals surface area contributed by atoms with E-state index in [1.54, 1.807) is 0 Å². The quantitative estimate of drug-likeness (QED) is 0.519. The largest absolute Gasteiger partial charge is 0.303 e. The Labute approximate surface area is 78.3 Å². The lowest BCUT2D eigenvalue weighted by Crippen LogP contribution is -2.21. The highest BCUT2D eigenvalue weighted by atomic mass is 79.9. The highest BCUT2D eigenvalue weighted by Gasteiger charge is 2.17. The Morgan fingerprint density at radius 1 is 1.45 bits per heavy atom. The van der Waals surface area contributed by atoms with Gasteiger partial charge in [0.15, 0.2) is 0 Å². The minimum absolute atomic E-state index is 0.943. The molecule has 1 heterocycles. The first-order valence-corrected chi connectivity index (χ1v) is 5.73. The van der Waals surface area contributed by atoms with Crippen molar-refractivity contribution in [3.05, 3.63) is 0 Å². The van der Waals surface area contributed by atoms with E-state index in [-0.39, 0.29) is 0 Å². The summed E-state index contributed by atoms with van der Waals surface area (Å²) in [6, 6.07) is 0. The van der Waals surface area contributed by atoms with Crippen LogP contribution in [0.4, 0.5) is 0 Å². The number of halogens is 1. The smallest absolute Gasteiger partial charge is 0.00317 e. The van der Waals surface area contributed by atoms with Crippen molar-refractivity contribution >= 4 is 15.9 Å². The molecule has 66 valence electrons. The van der Waals surface area contributed by atoms with Crippen LogP contribution < -0.4 is 0 Å². The first-order chi connectivity index (χ1) is 5.33. The second kappa shape index (κ2) is 5.15. The predicted molar refractivity (Wildman–Crippen MR) is 53.2 cm³/mol. The molecule has 0 aliphatic carbocycles. The van der Waals surface area contributed by atoms with Crippen LogP contribution in [0, 0.1) is 5.92 Å². The van der Waals surface area contributed by atoms with E-state index >= 15 is 0 Å². The van der Waals surface area contributed by atoms with Gasteiger partial charge >= 0.3 is 0 Å². The highest BCUT2D eigenvalue weighted by Crippen LogP contribution is 2.15. The molecule has 1 nitrogen and oxygen atoms in total. The minimum Gasteiger partial charge on any atom is -0.303 e. The Hall–Kier alpha value is 0.440. The average Bonchev–Trinajstić information content (AvgIpc) is 2.37. The van der Waals surface area contributed by atoms with Crippen LogP contribution >= 0.6 is 15.9 Å². The van der Waals surface area contributed by atoms with Gasteiger partial charge in [-0.05, 0) is 38.3 Å². The number of rotatable bonds is 4. The van der Waals surface area contributed by atoms with E-state index in [1.807, 2.05) is 0 Å². The lowest BCUT2D eigenvalue weighted by atomic mass is 10.2. The van der Waals surface area contributed by atoms with Gasteiger partial charge < -0.3 is 4.90 Å². The van der Waals surface area contributed by atoms with E-state index in [9.17, 15) is 0 Å². The third-order valence-electron chi connectivity index (χ3n) is 2.37. The van der Waals surface area contributed by atoms with Crippen LogP contribution in [0.15, 0.2) is 0 Å². The minimum atomic E-state index is 0.943. The second-order valence-corrected chi connectivity index (χ2v) is 4.38. The van der Waals surface area contributed by atoms with Crippen molar-refractivity contribution in [2.24, 2.45) is 5.92 Å². The molecule has 0 bridgehead atoms. The summed E-state index contributed by atoms with van der Waals surface area (Å²) in [5, 5.41) is 1.16. The number of likely N-dealkylation sites (tertiary alicyclic amines) is 1.